The fraction of sp³-hybridized carbons (Fsp3) is 1.00. The third kappa shape index (κ3) is 18.1. The number of hydrogen-bond donors (Lipinski definition) is 0. The van der Waals surface area contributed by atoms with Gasteiger partial charge in [0.25, 0.3) is 0 Å². The van der Waals surface area contributed by atoms with Crippen molar-refractivity contribution in [2.24, 2.45) is 0 Å². The Morgan fingerprint density at radius 3 is 1.30 bits per heavy atom. The molecule has 0 fully saturated rings. The summed E-state index contributed by atoms with van der Waals surface area (Å²) in [5.41, 5.74) is 0.0886. The van der Waals surface area contributed by atoms with Gasteiger partial charge >= 0.3 is 0 Å². The van der Waals surface area contributed by atoms with Crippen LogP contribution in [0.4, 0.5) is 0 Å². The molecule has 0 aliphatic carbocycles. The van der Waals surface area contributed by atoms with Crippen molar-refractivity contribution in [3.8, 4) is 0 Å². The first-order chi connectivity index (χ1) is 11.1. The summed E-state index contributed by atoms with van der Waals surface area (Å²) in [6.45, 7) is 9.92. The second-order valence-electron chi connectivity index (χ2n) is 7.95. The first-order valence-corrected chi connectivity index (χ1v) is 10.8. The summed E-state index contributed by atoms with van der Waals surface area (Å²) in [6, 6.07) is 0. The highest BCUT2D eigenvalue weighted by Gasteiger charge is 2.15. The van der Waals surface area contributed by atoms with E-state index in [1.165, 1.54) is 103 Å². The van der Waals surface area contributed by atoms with Gasteiger partial charge in [-0.25, -0.2) is 0 Å². The Labute approximate surface area is 148 Å². The van der Waals surface area contributed by atoms with Gasteiger partial charge in [-0.05, 0) is 26.7 Å². The van der Waals surface area contributed by atoms with Crippen LogP contribution in [-0.4, -0.2) is 12.2 Å². The van der Waals surface area contributed by atoms with Crippen LogP contribution in [0.1, 0.15) is 130 Å². The van der Waals surface area contributed by atoms with Crippen molar-refractivity contribution in [3.05, 3.63) is 0 Å². The van der Waals surface area contributed by atoms with Crippen molar-refractivity contribution in [1.29, 1.82) is 0 Å². The summed E-state index contributed by atoms with van der Waals surface area (Å²) < 4.78 is 5.98. The molecule has 23 heavy (non-hydrogen) atoms. The molecule has 0 rings (SSSR count). The van der Waals surface area contributed by atoms with Gasteiger partial charge in [-0.15, -0.1) is 0 Å². The van der Waals surface area contributed by atoms with Gasteiger partial charge < -0.3 is 4.74 Å². The minimum atomic E-state index is 0.0886. The average molecular weight is 327 g/mol. The average Bonchev–Trinajstić information content (AvgIpc) is 2.51. The van der Waals surface area contributed by atoms with Crippen LogP contribution in [0, 0.1) is 0 Å². The highest BCUT2D eigenvalue weighted by Crippen LogP contribution is 2.17. The van der Waals surface area contributed by atoms with Crippen LogP contribution in [0.5, 0.6) is 0 Å². The Hall–Kier alpha value is -0.0400. The minimum Gasteiger partial charge on any atom is -0.376 e. The molecule has 0 aromatic carbocycles. The molecule has 1 nitrogen and oxygen atoms in total. The smallest absolute Gasteiger partial charge is 0.0626 e. The summed E-state index contributed by atoms with van der Waals surface area (Å²) >= 11 is 0. The maximum absolute atomic E-state index is 5.98. The van der Waals surface area contributed by atoms with E-state index < -0.39 is 0 Å². The summed E-state index contributed by atoms with van der Waals surface area (Å²) in [4.78, 5) is 0. The van der Waals surface area contributed by atoms with Crippen LogP contribution in [0.3, 0.4) is 0 Å². The van der Waals surface area contributed by atoms with E-state index in [1.807, 2.05) is 0 Å². The molecule has 0 aliphatic heterocycles. The Morgan fingerprint density at radius 2 is 0.913 bits per heavy atom. The lowest BCUT2D eigenvalue weighted by Gasteiger charge is -2.24. The second-order valence-corrected chi connectivity index (χ2v) is 7.95. The molecule has 0 aromatic heterocycles. The monoisotopic (exact) mass is 326 g/mol. The molecular weight excluding hydrogens is 280 g/mol. The van der Waals surface area contributed by atoms with Gasteiger partial charge in [-0.2, -0.15) is 0 Å². The van der Waals surface area contributed by atoms with Crippen molar-refractivity contribution in [2.45, 2.75) is 136 Å². The van der Waals surface area contributed by atoms with E-state index >= 15 is 0 Å². The van der Waals surface area contributed by atoms with Crippen LogP contribution in [0.15, 0.2) is 0 Å². The molecule has 0 N–H and O–H groups in total. The van der Waals surface area contributed by atoms with Crippen LogP contribution in [0.25, 0.3) is 0 Å². The molecule has 0 saturated heterocycles. The molecule has 0 atom stereocenters. The molecule has 0 amide bonds. The van der Waals surface area contributed by atoms with E-state index in [4.69, 9.17) is 4.74 Å². The minimum absolute atomic E-state index is 0.0886. The lowest BCUT2D eigenvalue weighted by atomic mass is 10.0. The SMILES string of the molecule is CCCCCCCCCCCCCCCCOC(C)(C)CCC. The van der Waals surface area contributed by atoms with Gasteiger partial charge in [-0.3, -0.25) is 0 Å². The second kappa shape index (κ2) is 16.8. The lowest BCUT2D eigenvalue weighted by Crippen LogP contribution is -2.24. The van der Waals surface area contributed by atoms with Gasteiger partial charge in [0.2, 0.25) is 0 Å². The van der Waals surface area contributed by atoms with E-state index in [0.29, 0.717) is 0 Å². The lowest BCUT2D eigenvalue weighted by molar-refractivity contribution is -0.0254. The fourth-order valence-corrected chi connectivity index (χ4v) is 3.32. The molecule has 0 unspecified atom stereocenters. The molecular formula is C22H46O. The zero-order chi connectivity index (χ0) is 17.2. The maximum Gasteiger partial charge on any atom is 0.0626 e. The Bertz CT molecular complexity index is 222. The quantitative estimate of drug-likeness (QED) is 0.231. The third-order valence-electron chi connectivity index (χ3n) is 4.84. The third-order valence-corrected chi connectivity index (χ3v) is 4.84. The van der Waals surface area contributed by atoms with Crippen LogP contribution >= 0.6 is 0 Å². The van der Waals surface area contributed by atoms with E-state index in [2.05, 4.69) is 27.7 Å². The fourth-order valence-electron chi connectivity index (χ4n) is 3.32. The molecule has 0 bridgehead atoms. The van der Waals surface area contributed by atoms with Crippen LogP contribution in [-0.2, 0) is 4.74 Å². The number of hydrogen-bond acceptors (Lipinski definition) is 1. The van der Waals surface area contributed by atoms with E-state index in [0.717, 1.165) is 6.61 Å². The number of rotatable bonds is 18. The molecule has 0 aliphatic rings. The van der Waals surface area contributed by atoms with Gasteiger partial charge in [0.05, 0.1) is 5.60 Å². The van der Waals surface area contributed by atoms with E-state index in [-0.39, 0.29) is 5.60 Å². The van der Waals surface area contributed by atoms with Gasteiger partial charge in [0.15, 0.2) is 0 Å². The molecule has 140 valence electrons. The van der Waals surface area contributed by atoms with E-state index in [9.17, 15) is 0 Å². The van der Waals surface area contributed by atoms with Crippen molar-refractivity contribution >= 4 is 0 Å². The largest absolute Gasteiger partial charge is 0.376 e. The molecule has 0 heterocycles. The number of ether oxygens (including phenoxy) is 1. The van der Waals surface area contributed by atoms with Crippen molar-refractivity contribution in [2.75, 3.05) is 6.61 Å². The zero-order valence-electron chi connectivity index (χ0n) is 16.9. The first kappa shape index (κ1) is 23.0. The predicted molar refractivity (Wildman–Crippen MR) is 105 cm³/mol. The standard InChI is InChI=1S/C22H46O/c1-5-7-8-9-10-11-12-13-14-15-16-17-18-19-21-23-22(3,4)20-6-2/h5-21H2,1-4H3. The Kier molecular flexibility index (Phi) is 16.8. The first-order valence-electron chi connectivity index (χ1n) is 10.8. The Balaban J connectivity index is 3.11. The van der Waals surface area contributed by atoms with E-state index in [1.54, 1.807) is 0 Å². The molecule has 0 aromatic rings. The highest BCUT2D eigenvalue weighted by atomic mass is 16.5. The molecule has 0 saturated carbocycles. The molecule has 1 heteroatoms. The van der Waals surface area contributed by atoms with Crippen molar-refractivity contribution in [1.82, 2.24) is 0 Å². The predicted octanol–water partition coefficient (Wildman–Crippen LogP) is 8.06. The van der Waals surface area contributed by atoms with Gasteiger partial charge in [0, 0.05) is 6.61 Å². The summed E-state index contributed by atoms with van der Waals surface area (Å²) in [5, 5.41) is 0. The number of unbranched alkanes of at least 4 members (excludes halogenated alkanes) is 13. The van der Waals surface area contributed by atoms with Crippen molar-refractivity contribution < 1.29 is 4.74 Å². The van der Waals surface area contributed by atoms with Crippen molar-refractivity contribution in [3.63, 3.8) is 0 Å². The normalized spacial score (nSPS) is 12.0. The van der Waals surface area contributed by atoms with Crippen LogP contribution in [0.2, 0.25) is 0 Å². The van der Waals surface area contributed by atoms with Gasteiger partial charge in [-0.1, -0.05) is 104 Å². The topological polar surface area (TPSA) is 9.23 Å². The summed E-state index contributed by atoms with van der Waals surface area (Å²) in [7, 11) is 0. The highest BCUT2D eigenvalue weighted by molar-refractivity contribution is 4.67. The van der Waals surface area contributed by atoms with Crippen LogP contribution < -0.4 is 0 Å². The maximum atomic E-state index is 5.98. The summed E-state index contributed by atoms with van der Waals surface area (Å²) in [6.07, 6.45) is 22.3. The molecule has 0 spiro atoms. The van der Waals surface area contributed by atoms with Gasteiger partial charge in [0.1, 0.15) is 0 Å². The molecule has 0 radical (unpaired) electrons. The zero-order valence-corrected chi connectivity index (χ0v) is 16.9. The summed E-state index contributed by atoms with van der Waals surface area (Å²) in [5.74, 6) is 0. The Morgan fingerprint density at radius 1 is 0.522 bits per heavy atom.